The van der Waals surface area contributed by atoms with Gasteiger partial charge in [-0.3, -0.25) is 4.79 Å². The first-order valence-corrected chi connectivity index (χ1v) is 8.22. The van der Waals surface area contributed by atoms with Gasteiger partial charge in [0.05, 0.1) is 6.54 Å². The van der Waals surface area contributed by atoms with Gasteiger partial charge in [-0.2, -0.15) is 5.26 Å². The molecule has 4 nitrogen and oxygen atoms in total. The van der Waals surface area contributed by atoms with Crippen LogP contribution in [0.15, 0.2) is 48.0 Å². The molecule has 5 heteroatoms. The summed E-state index contributed by atoms with van der Waals surface area (Å²) in [5.41, 5.74) is 3.02. The molecule has 0 heterocycles. The third kappa shape index (κ3) is 5.98. The molecule has 0 atom stereocenters. The number of rotatable bonds is 6. The fourth-order valence-corrected chi connectivity index (χ4v) is 2.45. The lowest BCUT2D eigenvalue weighted by Gasteiger charge is -2.09. The SMILES string of the molecule is Cc1cc(C)cc(OCCNC(=O)C(C#N)=Cc2ccc(Cl)cc2)c1. The Kier molecular flexibility index (Phi) is 6.62. The van der Waals surface area contributed by atoms with Crippen LogP contribution in [0, 0.1) is 25.2 Å². The molecule has 0 radical (unpaired) electrons. The van der Waals surface area contributed by atoms with Crippen LogP contribution in [0.4, 0.5) is 0 Å². The highest BCUT2D eigenvalue weighted by molar-refractivity contribution is 6.30. The Hall–Kier alpha value is -2.77. The summed E-state index contributed by atoms with van der Waals surface area (Å²) in [7, 11) is 0. The number of benzene rings is 2. The fourth-order valence-electron chi connectivity index (χ4n) is 2.32. The van der Waals surface area contributed by atoms with Gasteiger partial charge in [-0.15, -0.1) is 0 Å². The second-order valence-corrected chi connectivity index (χ2v) is 6.09. The smallest absolute Gasteiger partial charge is 0.262 e. The van der Waals surface area contributed by atoms with E-state index in [0.29, 0.717) is 18.2 Å². The first-order valence-electron chi connectivity index (χ1n) is 7.84. The standard InChI is InChI=1S/C20H19ClN2O2/c1-14-9-15(2)11-19(10-14)25-8-7-23-20(24)17(13-22)12-16-3-5-18(21)6-4-16/h3-6,9-12H,7-8H2,1-2H3,(H,23,24). The van der Waals surface area contributed by atoms with E-state index in [4.69, 9.17) is 16.3 Å². The Balaban J connectivity index is 1.87. The zero-order valence-electron chi connectivity index (χ0n) is 14.2. The molecule has 1 amide bonds. The zero-order chi connectivity index (χ0) is 18.2. The van der Waals surface area contributed by atoms with E-state index in [1.807, 2.05) is 32.0 Å². The number of carbonyl (C=O) groups is 1. The third-order valence-corrected chi connectivity index (χ3v) is 3.65. The molecule has 0 unspecified atom stereocenters. The molecule has 1 N–H and O–H groups in total. The van der Waals surface area contributed by atoms with Gasteiger partial charge in [0.1, 0.15) is 24.0 Å². The van der Waals surface area contributed by atoms with E-state index in [2.05, 4.69) is 11.4 Å². The minimum atomic E-state index is -0.429. The van der Waals surface area contributed by atoms with Crippen molar-refractivity contribution in [3.8, 4) is 11.8 Å². The average Bonchev–Trinajstić information content (AvgIpc) is 2.57. The number of nitriles is 1. The molecule has 2 rings (SSSR count). The van der Waals surface area contributed by atoms with Crippen molar-refractivity contribution in [3.63, 3.8) is 0 Å². The van der Waals surface area contributed by atoms with Crippen LogP contribution in [0.25, 0.3) is 6.08 Å². The van der Waals surface area contributed by atoms with Crippen molar-refractivity contribution in [3.05, 3.63) is 69.8 Å². The highest BCUT2D eigenvalue weighted by Crippen LogP contribution is 2.16. The fraction of sp³-hybridized carbons (Fsp3) is 0.200. The summed E-state index contributed by atoms with van der Waals surface area (Å²) in [5, 5.41) is 12.5. The van der Waals surface area contributed by atoms with E-state index < -0.39 is 5.91 Å². The molecule has 25 heavy (non-hydrogen) atoms. The number of nitrogens with zero attached hydrogens (tertiary/aromatic N) is 1. The number of halogens is 1. The number of hydrogen-bond donors (Lipinski definition) is 1. The van der Waals surface area contributed by atoms with Gasteiger partial charge in [-0.05, 0) is 60.9 Å². The van der Waals surface area contributed by atoms with Crippen LogP contribution in [-0.2, 0) is 4.79 Å². The molecule has 0 aliphatic rings. The molecule has 128 valence electrons. The van der Waals surface area contributed by atoms with Crippen LogP contribution < -0.4 is 10.1 Å². The Morgan fingerprint density at radius 3 is 2.44 bits per heavy atom. The highest BCUT2D eigenvalue weighted by atomic mass is 35.5. The predicted molar refractivity (Wildman–Crippen MR) is 99.5 cm³/mol. The Bertz CT molecular complexity index is 800. The summed E-state index contributed by atoms with van der Waals surface area (Å²) in [6.07, 6.45) is 1.52. The summed E-state index contributed by atoms with van der Waals surface area (Å²) in [4.78, 5) is 12.1. The van der Waals surface area contributed by atoms with E-state index in [0.717, 1.165) is 22.4 Å². The molecule has 0 saturated heterocycles. The van der Waals surface area contributed by atoms with Gasteiger partial charge >= 0.3 is 0 Å². The quantitative estimate of drug-likeness (QED) is 0.483. The Labute approximate surface area is 152 Å². The zero-order valence-corrected chi connectivity index (χ0v) is 14.9. The molecule has 0 fully saturated rings. The first-order chi connectivity index (χ1) is 12.0. The molecule has 0 spiro atoms. The highest BCUT2D eigenvalue weighted by Gasteiger charge is 2.08. The van der Waals surface area contributed by atoms with Gasteiger partial charge in [0.2, 0.25) is 0 Å². The second kappa shape index (κ2) is 8.91. The molecule has 0 aliphatic heterocycles. The normalized spacial score (nSPS) is 10.9. The summed E-state index contributed by atoms with van der Waals surface area (Å²) >= 11 is 5.82. The first kappa shape index (κ1) is 18.6. The van der Waals surface area contributed by atoms with E-state index in [-0.39, 0.29) is 5.57 Å². The van der Waals surface area contributed by atoms with Crippen molar-refractivity contribution >= 4 is 23.6 Å². The monoisotopic (exact) mass is 354 g/mol. The maximum absolute atomic E-state index is 12.1. The van der Waals surface area contributed by atoms with Crippen molar-refractivity contribution in [2.24, 2.45) is 0 Å². The molecule has 0 saturated carbocycles. The number of ether oxygens (including phenoxy) is 1. The van der Waals surface area contributed by atoms with E-state index >= 15 is 0 Å². The minimum absolute atomic E-state index is 0.0359. The summed E-state index contributed by atoms with van der Waals surface area (Å²) < 4.78 is 5.63. The maximum atomic E-state index is 12.1. The molecule has 0 aromatic heterocycles. The van der Waals surface area contributed by atoms with Gasteiger partial charge in [0.25, 0.3) is 5.91 Å². The van der Waals surface area contributed by atoms with Crippen molar-refractivity contribution in [2.45, 2.75) is 13.8 Å². The van der Waals surface area contributed by atoms with Crippen LogP contribution in [-0.4, -0.2) is 19.1 Å². The van der Waals surface area contributed by atoms with Crippen LogP contribution in [0.2, 0.25) is 5.02 Å². The van der Waals surface area contributed by atoms with Gasteiger partial charge in [0, 0.05) is 5.02 Å². The van der Waals surface area contributed by atoms with Crippen LogP contribution >= 0.6 is 11.6 Å². The maximum Gasteiger partial charge on any atom is 0.262 e. The number of aryl methyl sites for hydroxylation is 2. The van der Waals surface area contributed by atoms with Gasteiger partial charge in [-0.25, -0.2) is 0 Å². The summed E-state index contributed by atoms with van der Waals surface area (Å²) in [5.74, 6) is 0.338. The van der Waals surface area contributed by atoms with Gasteiger partial charge < -0.3 is 10.1 Å². The van der Waals surface area contributed by atoms with E-state index in [9.17, 15) is 10.1 Å². The van der Waals surface area contributed by atoms with Crippen LogP contribution in [0.1, 0.15) is 16.7 Å². The average molecular weight is 355 g/mol. The predicted octanol–water partition coefficient (Wildman–Crippen LogP) is 4.06. The van der Waals surface area contributed by atoms with Crippen LogP contribution in [0.3, 0.4) is 0 Å². The van der Waals surface area contributed by atoms with E-state index in [1.54, 1.807) is 24.3 Å². The molecule has 2 aromatic rings. The third-order valence-electron chi connectivity index (χ3n) is 3.40. The van der Waals surface area contributed by atoms with Crippen molar-refractivity contribution in [2.75, 3.05) is 13.2 Å². The second-order valence-electron chi connectivity index (χ2n) is 5.65. The molecule has 2 aromatic carbocycles. The number of nitrogens with one attached hydrogen (secondary N) is 1. The van der Waals surface area contributed by atoms with Crippen LogP contribution in [0.5, 0.6) is 5.75 Å². The Morgan fingerprint density at radius 2 is 1.84 bits per heavy atom. The molecule has 0 aliphatic carbocycles. The summed E-state index contributed by atoms with van der Waals surface area (Å²) in [6, 6.07) is 14.8. The van der Waals surface area contributed by atoms with Gasteiger partial charge in [0.15, 0.2) is 0 Å². The lowest BCUT2D eigenvalue weighted by atomic mass is 10.1. The molecular weight excluding hydrogens is 336 g/mol. The lowest BCUT2D eigenvalue weighted by molar-refractivity contribution is -0.117. The van der Waals surface area contributed by atoms with Crippen molar-refractivity contribution in [1.29, 1.82) is 5.26 Å². The molecular formula is C20H19ClN2O2. The lowest BCUT2D eigenvalue weighted by Crippen LogP contribution is -2.29. The number of carbonyl (C=O) groups excluding carboxylic acids is 1. The molecule has 0 bridgehead atoms. The summed E-state index contributed by atoms with van der Waals surface area (Å²) in [6.45, 7) is 4.64. The Morgan fingerprint density at radius 1 is 1.20 bits per heavy atom. The van der Waals surface area contributed by atoms with Gasteiger partial charge in [-0.1, -0.05) is 29.8 Å². The van der Waals surface area contributed by atoms with Crippen molar-refractivity contribution in [1.82, 2.24) is 5.32 Å². The topological polar surface area (TPSA) is 62.1 Å². The van der Waals surface area contributed by atoms with E-state index in [1.165, 1.54) is 6.08 Å². The minimum Gasteiger partial charge on any atom is -0.492 e. The largest absolute Gasteiger partial charge is 0.492 e. The number of hydrogen-bond acceptors (Lipinski definition) is 3. The number of amides is 1. The van der Waals surface area contributed by atoms with Crippen molar-refractivity contribution < 1.29 is 9.53 Å².